The fourth-order valence-corrected chi connectivity index (χ4v) is 2.56. The third-order valence-corrected chi connectivity index (χ3v) is 3.76. The molecule has 0 unspecified atom stereocenters. The Morgan fingerprint density at radius 1 is 1.24 bits per heavy atom. The quantitative estimate of drug-likeness (QED) is 0.828. The fourth-order valence-electron chi connectivity index (χ4n) is 2.56. The van der Waals surface area contributed by atoms with Crippen LogP contribution in [0, 0.1) is 5.92 Å². The Kier molecular flexibility index (Phi) is 5.75. The molecule has 1 aromatic carbocycles. The Bertz CT molecular complexity index is 470. The van der Waals surface area contributed by atoms with E-state index in [0.717, 1.165) is 31.5 Å². The summed E-state index contributed by atoms with van der Waals surface area (Å²) in [7, 11) is 1.35. The van der Waals surface area contributed by atoms with Gasteiger partial charge >= 0.3 is 5.97 Å². The number of ether oxygens (including phenoxy) is 1. The second-order valence-electron chi connectivity index (χ2n) is 5.28. The summed E-state index contributed by atoms with van der Waals surface area (Å²) < 4.78 is 4.71. The molecule has 0 atom stereocenters. The van der Waals surface area contributed by atoms with Gasteiger partial charge in [0.15, 0.2) is 0 Å². The zero-order chi connectivity index (χ0) is 15.1. The molecule has 5 nitrogen and oxygen atoms in total. The largest absolute Gasteiger partial charge is 0.468 e. The van der Waals surface area contributed by atoms with Gasteiger partial charge < -0.3 is 15.0 Å². The van der Waals surface area contributed by atoms with Gasteiger partial charge in [-0.3, -0.25) is 9.59 Å². The number of esters is 1. The minimum atomic E-state index is -0.381. The van der Waals surface area contributed by atoms with Gasteiger partial charge in [-0.2, -0.15) is 0 Å². The van der Waals surface area contributed by atoms with Crippen LogP contribution in [0.15, 0.2) is 30.3 Å². The van der Waals surface area contributed by atoms with Crippen LogP contribution in [0.2, 0.25) is 0 Å². The molecule has 1 fully saturated rings. The highest BCUT2D eigenvalue weighted by Gasteiger charge is 2.27. The van der Waals surface area contributed by atoms with Crippen molar-refractivity contribution in [2.24, 2.45) is 5.92 Å². The number of hydrogen-bond donors (Lipinski definition) is 1. The average molecular weight is 290 g/mol. The highest BCUT2D eigenvalue weighted by atomic mass is 16.5. The third-order valence-electron chi connectivity index (χ3n) is 3.76. The standard InChI is InChI=1S/C16H22N2O3/c1-21-15(19)12-18(11-13-5-3-2-4-6-13)16(20)14-7-9-17-10-8-14/h2-6,14,17H,7-12H2,1H3. The van der Waals surface area contributed by atoms with E-state index in [9.17, 15) is 9.59 Å². The van der Waals surface area contributed by atoms with Crippen molar-refractivity contribution in [1.29, 1.82) is 0 Å². The maximum atomic E-state index is 12.6. The number of carbonyl (C=O) groups excluding carboxylic acids is 2. The Balaban J connectivity index is 2.07. The maximum absolute atomic E-state index is 12.6. The first-order valence-corrected chi connectivity index (χ1v) is 7.31. The highest BCUT2D eigenvalue weighted by molar-refractivity contribution is 5.83. The predicted molar refractivity (Wildman–Crippen MR) is 79.5 cm³/mol. The summed E-state index contributed by atoms with van der Waals surface area (Å²) in [6.45, 7) is 2.16. The van der Waals surface area contributed by atoms with E-state index in [0.29, 0.717) is 6.54 Å². The lowest BCUT2D eigenvalue weighted by molar-refractivity contribution is -0.149. The van der Waals surface area contributed by atoms with E-state index in [4.69, 9.17) is 4.74 Å². The minimum Gasteiger partial charge on any atom is -0.468 e. The molecule has 114 valence electrons. The van der Waals surface area contributed by atoms with Gasteiger partial charge in [-0.25, -0.2) is 0 Å². The molecule has 0 aromatic heterocycles. The number of hydrogen-bond acceptors (Lipinski definition) is 4. The Morgan fingerprint density at radius 3 is 2.52 bits per heavy atom. The van der Waals surface area contributed by atoms with Crippen LogP contribution in [0.3, 0.4) is 0 Å². The molecule has 1 aliphatic rings. The molecular weight excluding hydrogens is 268 g/mol. The molecule has 1 aliphatic heterocycles. The minimum absolute atomic E-state index is 0.000353. The van der Waals surface area contributed by atoms with Gasteiger partial charge in [0.1, 0.15) is 6.54 Å². The summed E-state index contributed by atoms with van der Waals surface area (Å²) >= 11 is 0. The lowest BCUT2D eigenvalue weighted by Gasteiger charge is -2.29. The summed E-state index contributed by atoms with van der Waals surface area (Å²) in [4.78, 5) is 25.8. The number of piperidine rings is 1. The van der Waals surface area contributed by atoms with E-state index in [-0.39, 0.29) is 24.3 Å². The van der Waals surface area contributed by atoms with Gasteiger partial charge in [-0.05, 0) is 31.5 Å². The van der Waals surface area contributed by atoms with Gasteiger partial charge in [-0.1, -0.05) is 30.3 Å². The van der Waals surface area contributed by atoms with Crippen molar-refractivity contribution < 1.29 is 14.3 Å². The Morgan fingerprint density at radius 2 is 1.90 bits per heavy atom. The first-order valence-electron chi connectivity index (χ1n) is 7.31. The van der Waals surface area contributed by atoms with Crippen molar-refractivity contribution in [2.45, 2.75) is 19.4 Å². The molecule has 1 amide bonds. The molecule has 2 rings (SSSR count). The SMILES string of the molecule is COC(=O)CN(Cc1ccccc1)C(=O)C1CCNCC1. The van der Waals surface area contributed by atoms with Crippen LogP contribution in [0.4, 0.5) is 0 Å². The van der Waals surface area contributed by atoms with E-state index >= 15 is 0 Å². The first-order chi connectivity index (χ1) is 10.2. The molecule has 1 aromatic rings. The summed E-state index contributed by atoms with van der Waals surface area (Å²) in [5.41, 5.74) is 1.02. The average Bonchev–Trinajstić information content (AvgIpc) is 2.55. The lowest BCUT2D eigenvalue weighted by atomic mass is 9.96. The van der Waals surface area contributed by atoms with E-state index in [1.165, 1.54) is 7.11 Å². The monoisotopic (exact) mass is 290 g/mol. The van der Waals surface area contributed by atoms with Crippen molar-refractivity contribution >= 4 is 11.9 Å². The summed E-state index contributed by atoms with van der Waals surface area (Å²) in [5.74, 6) is -0.335. The molecule has 0 spiro atoms. The highest BCUT2D eigenvalue weighted by Crippen LogP contribution is 2.17. The number of nitrogens with zero attached hydrogens (tertiary/aromatic N) is 1. The molecule has 1 saturated heterocycles. The van der Waals surface area contributed by atoms with Crippen molar-refractivity contribution in [1.82, 2.24) is 10.2 Å². The lowest BCUT2D eigenvalue weighted by Crippen LogP contribution is -2.43. The van der Waals surface area contributed by atoms with E-state index in [1.54, 1.807) is 4.90 Å². The molecule has 1 N–H and O–H groups in total. The fraction of sp³-hybridized carbons (Fsp3) is 0.500. The third kappa shape index (κ3) is 4.56. The Hall–Kier alpha value is -1.88. The van der Waals surface area contributed by atoms with Crippen LogP contribution >= 0.6 is 0 Å². The number of rotatable bonds is 5. The number of nitrogens with one attached hydrogen (secondary N) is 1. The Labute approximate surface area is 125 Å². The second kappa shape index (κ2) is 7.78. The molecular formula is C16H22N2O3. The normalized spacial score (nSPS) is 15.5. The van der Waals surface area contributed by atoms with Crippen LogP contribution in [-0.2, 0) is 20.9 Å². The van der Waals surface area contributed by atoms with Crippen LogP contribution in [0.25, 0.3) is 0 Å². The van der Waals surface area contributed by atoms with Crippen molar-refractivity contribution in [3.8, 4) is 0 Å². The molecule has 0 aliphatic carbocycles. The molecule has 0 saturated carbocycles. The molecule has 0 radical (unpaired) electrons. The number of benzene rings is 1. The predicted octanol–water partition coefficient (Wildman–Crippen LogP) is 1.19. The molecule has 5 heteroatoms. The zero-order valence-electron chi connectivity index (χ0n) is 12.4. The molecule has 1 heterocycles. The van der Waals surface area contributed by atoms with Gasteiger partial charge in [0.2, 0.25) is 5.91 Å². The van der Waals surface area contributed by atoms with Gasteiger partial charge in [-0.15, -0.1) is 0 Å². The van der Waals surface area contributed by atoms with Gasteiger partial charge in [0, 0.05) is 12.5 Å². The van der Waals surface area contributed by atoms with Gasteiger partial charge in [0.25, 0.3) is 0 Å². The number of methoxy groups -OCH3 is 1. The summed E-state index contributed by atoms with van der Waals surface area (Å²) in [5, 5.41) is 3.25. The first kappa shape index (κ1) is 15.5. The number of carbonyl (C=O) groups is 2. The van der Waals surface area contributed by atoms with Crippen LogP contribution in [0.5, 0.6) is 0 Å². The van der Waals surface area contributed by atoms with Crippen LogP contribution in [0.1, 0.15) is 18.4 Å². The van der Waals surface area contributed by atoms with E-state index in [1.807, 2.05) is 30.3 Å². The number of amides is 1. The summed E-state index contributed by atoms with van der Waals surface area (Å²) in [6.07, 6.45) is 1.65. The topological polar surface area (TPSA) is 58.6 Å². The van der Waals surface area contributed by atoms with Crippen LogP contribution in [-0.4, -0.2) is 43.5 Å². The van der Waals surface area contributed by atoms with Crippen molar-refractivity contribution in [3.63, 3.8) is 0 Å². The smallest absolute Gasteiger partial charge is 0.325 e. The molecule has 21 heavy (non-hydrogen) atoms. The van der Waals surface area contributed by atoms with Crippen molar-refractivity contribution in [3.05, 3.63) is 35.9 Å². The second-order valence-corrected chi connectivity index (χ2v) is 5.28. The van der Waals surface area contributed by atoms with E-state index in [2.05, 4.69) is 5.32 Å². The maximum Gasteiger partial charge on any atom is 0.325 e. The zero-order valence-corrected chi connectivity index (χ0v) is 12.4. The van der Waals surface area contributed by atoms with Crippen LogP contribution < -0.4 is 5.32 Å². The van der Waals surface area contributed by atoms with Gasteiger partial charge in [0.05, 0.1) is 7.11 Å². The summed E-state index contributed by atoms with van der Waals surface area (Å²) in [6, 6.07) is 9.71. The van der Waals surface area contributed by atoms with Crippen molar-refractivity contribution in [2.75, 3.05) is 26.7 Å². The van der Waals surface area contributed by atoms with E-state index < -0.39 is 0 Å². The molecule has 0 bridgehead atoms.